The largest absolute Gasteiger partial charge is 0.126 e. The zero-order valence-corrected chi connectivity index (χ0v) is 8.69. The molecule has 0 aromatic rings. The molecule has 0 spiro atoms. The van der Waals surface area contributed by atoms with Crippen LogP contribution < -0.4 is 0 Å². The highest BCUT2D eigenvalue weighted by Gasteiger charge is 2.50. The fraction of sp³-hybridized carbons (Fsp3) is 0.818. The van der Waals surface area contributed by atoms with Gasteiger partial charge in [-0.15, -0.1) is 11.6 Å². The molecule has 0 nitrogen and oxygen atoms in total. The Labute approximate surface area is 80.0 Å². The Kier molecular flexibility index (Phi) is 1.99. The molecule has 2 bridgehead atoms. The highest BCUT2D eigenvalue weighted by Crippen LogP contribution is 2.59. The first-order chi connectivity index (χ1) is 5.66. The Hall–Kier alpha value is 0.0300. The summed E-state index contributed by atoms with van der Waals surface area (Å²) in [5, 5.41) is 0. The van der Waals surface area contributed by atoms with Gasteiger partial charge in [0.15, 0.2) is 0 Å². The molecule has 0 amide bonds. The molecule has 0 aliphatic heterocycles. The van der Waals surface area contributed by atoms with E-state index in [0.717, 1.165) is 24.1 Å². The molecule has 0 unspecified atom stereocenters. The molecule has 1 heteroatoms. The molecular formula is C11H17Cl. The van der Waals surface area contributed by atoms with E-state index in [4.69, 9.17) is 11.6 Å². The summed E-state index contributed by atoms with van der Waals surface area (Å²) in [5.41, 5.74) is 2.22. The maximum absolute atomic E-state index is 5.77. The Balaban J connectivity index is 2.13. The van der Waals surface area contributed by atoms with Crippen molar-refractivity contribution < 1.29 is 0 Å². The first-order valence-electron chi connectivity index (χ1n) is 4.91. The lowest BCUT2D eigenvalue weighted by Gasteiger charge is -2.56. The summed E-state index contributed by atoms with van der Waals surface area (Å²) >= 11 is 5.77. The Bertz CT molecular complexity index is 215. The van der Waals surface area contributed by atoms with Crippen LogP contribution in [0.15, 0.2) is 11.6 Å². The van der Waals surface area contributed by atoms with E-state index in [1.807, 2.05) is 0 Å². The van der Waals surface area contributed by atoms with Gasteiger partial charge >= 0.3 is 0 Å². The second-order valence-electron chi connectivity index (χ2n) is 4.76. The predicted molar refractivity (Wildman–Crippen MR) is 53.4 cm³/mol. The van der Waals surface area contributed by atoms with Crippen LogP contribution >= 0.6 is 11.6 Å². The standard InChI is InChI=1S/C11H17Cl/c1-11(2)9-4-3-8(5-6-12)10(11)7-9/h3,9-10H,4-7H2,1-2H3/t9-,10-/m1/s1. The van der Waals surface area contributed by atoms with Crippen molar-refractivity contribution >= 4 is 11.6 Å². The van der Waals surface area contributed by atoms with E-state index in [1.54, 1.807) is 5.57 Å². The number of alkyl halides is 1. The van der Waals surface area contributed by atoms with E-state index >= 15 is 0 Å². The van der Waals surface area contributed by atoms with Crippen molar-refractivity contribution in [1.82, 2.24) is 0 Å². The van der Waals surface area contributed by atoms with E-state index in [1.165, 1.54) is 12.8 Å². The van der Waals surface area contributed by atoms with Crippen LogP contribution in [0.25, 0.3) is 0 Å². The molecule has 0 radical (unpaired) electrons. The molecule has 3 aliphatic carbocycles. The molecule has 0 N–H and O–H groups in total. The summed E-state index contributed by atoms with van der Waals surface area (Å²) in [4.78, 5) is 0. The Morgan fingerprint density at radius 2 is 2.33 bits per heavy atom. The van der Waals surface area contributed by atoms with Crippen molar-refractivity contribution in [2.75, 3.05) is 5.88 Å². The second kappa shape index (κ2) is 2.77. The van der Waals surface area contributed by atoms with Crippen LogP contribution in [0.2, 0.25) is 0 Å². The van der Waals surface area contributed by atoms with Gasteiger partial charge < -0.3 is 0 Å². The van der Waals surface area contributed by atoms with E-state index in [-0.39, 0.29) is 0 Å². The molecule has 12 heavy (non-hydrogen) atoms. The smallest absolute Gasteiger partial charge is 0.0260 e. The lowest BCUT2D eigenvalue weighted by Crippen LogP contribution is -2.48. The quantitative estimate of drug-likeness (QED) is 0.455. The molecular weight excluding hydrogens is 168 g/mol. The number of fused-ring (bicyclic) bond motifs is 1. The molecule has 3 aliphatic rings. The van der Waals surface area contributed by atoms with E-state index < -0.39 is 0 Å². The third kappa shape index (κ3) is 1.04. The topological polar surface area (TPSA) is 0 Å². The average Bonchev–Trinajstić information content (AvgIpc) is 2.05. The maximum Gasteiger partial charge on any atom is 0.0260 e. The van der Waals surface area contributed by atoms with Crippen LogP contribution in [-0.2, 0) is 0 Å². The number of rotatable bonds is 2. The zero-order valence-electron chi connectivity index (χ0n) is 7.94. The van der Waals surface area contributed by atoms with E-state index in [0.29, 0.717) is 5.41 Å². The number of allylic oxidation sites excluding steroid dienone is 2. The fourth-order valence-corrected chi connectivity index (χ4v) is 3.08. The molecule has 0 heterocycles. The van der Waals surface area contributed by atoms with Crippen LogP contribution in [-0.4, -0.2) is 5.88 Å². The summed E-state index contributed by atoms with van der Waals surface area (Å²) < 4.78 is 0. The van der Waals surface area contributed by atoms with Crippen LogP contribution in [0.4, 0.5) is 0 Å². The number of hydrogen-bond acceptors (Lipinski definition) is 0. The molecule has 0 aromatic carbocycles. The van der Waals surface area contributed by atoms with Gasteiger partial charge in [-0.25, -0.2) is 0 Å². The van der Waals surface area contributed by atoms with Gasteiger partial charge in [-0.1, -0.05) is 25.5 Å². The van der Waals surface area contributed by atoms with Crippen molar-refractivity contribution in [1.29, 1.82) is 0 Å². The predicted octanol–water partition coefficient (Wildman–Crippen LogP) is 3.61. The van der Waals surface area contributed by atoms with Crippen molar-refractivity contribution in [3.05, 3.63) is 11.6 Å². The SMILES string of the molecule is CC1(C)[C@@H]2CC=C(CCCl)[C@H]1C2. The van der Waals surface area contributed by atoms with Gasteiger partial charge in [0.1, 0.15) is 0 Å². The highest BCUT2D eigenvalue weighted by atomic mass is 35.5. The van der Waals surface area contributed by atoms with Crippen molar-refractivity contribution in [3.8, 4) is 0 Å². The van der Waals surface area contributed by atoms with E-state index in [9.17, 15) is 0 Å². The van der Waals surface area contributed by atoms with Crippen LogP contribution in [0, 0.1) is 17.3 Å². The van der Waals surface area contributed by atoms with Gasteiger partial charge in [-0.3, -0.25) is 0 Å². The minimum atomic E-state index is 0.580. The molecule has 1 saturated carbocycles. The van der Waals surface area contributed by atoms with Gasteiger partial charge in [0.25, 0.3) is 0 Å². The first-order valence-corrected chi connectivity index (χ1v) is 5.44. The molecule has 68 valence electrons. The summed E-state index contributed by atoms with van der Waals surface area (Å²) in [5.74, 6) is 2.61. The second-order valence-corrected chi connectivity index (χ2v) is 5.14. The summed E-state index contributed by atoms with van der Waals surface area (Å²) in [6, 6.07) is 0. The zero-order chi connectivity index (χ0) is 8.77. The normalized spacial score (nSPS) is 37.1. The summed E-state index contributed by atoms with van der Waals surface area (Å²) in [6.07, 6.45) is 6.28. The van der Waals surface area contributed by atoms with Crippen molar-refractivity contribution in [2.24, 2.45) is 17.3 Å². The number of halogens is 1. The molecule has 0 aromatic heterocycles. The maximum atomic E-state index is 5.77. The van der Waals surface area contributed by atoms with Gasteiger partial charge in [0.2, 0.25) is 0 Å². The van der Waals surface area contributed by atoms with Crippen molar-refractivity contribution in [3.63, 3.8) is 0 Å². The van der Waals surface area contributed by atoms with Crippen LogP contribution in [0.5, 0.6) is 0 Å². The first kappa shape index (κ1) is 8.62. The monoisotopic (exact) mass is 184 g/mol. The molecule has 1 fully saturated rings. The highest BCUT2D eigenvalue weighted by molar-refractivity contribution is 6.18. The minimum Gasteiger partial charge on any atom is -0.126 e. The minimum absolute atomic E-state index is 0.580. The lowest BCUT2D eigenvalue weighted by atomic mass is 9.48. The third-order valence-corrected chi connectivity index (χ3v) is 4.15. The van der Waals surface area contributed by atoms with Crippen LogP contribution in [0.3, 0.4) is 0 Å². The third-order valence-electron chi connectivity index (χ3n) is 3.97. The Morgan fingerprint density at radius 3 is 2.83 bits per heavy atom. The van der Waals surface area contributed by atoms with Crippen LogP contribution in [0.1, 0.15) is 33.1 Å². The fourth-order valence-electron chi connectivity index (χ4n) is 2.87. The number of hydrogen-bond donors (Lipinski definition) is 0. The lowest BCUT2D eigenvalue weighted by molar-refractivity contribution is -0.00770. The van der Waals surface area contributed by atoms with Crippen molar-refractivity contribution in [2.45, 2.75) is 33.1 Å². The van der Waals surface area contributed by atoms with E-state index in [2.05, 4.69) is 19.9 Å². The van der Waals surface area contributed by atoms with Gasteiger partial charge in [-0.05, 0) is 36.5 Å². The summed E-state index contributed by atoms with van der Waals surface area (Å²) in [6.45, 7) is 4.82. The van der Waals surface area contributed by atoms with Gasteiger partial charge in [0, 0.05) is 5.88 Å². The molecule has 3 rings (SSSR count). The Morgan fingerprint density at radius 1 is 1.58 bits per heavy atom. The van der Waals surface area contributed by atoms with Gasteiger partial charge in [0.05, 0.1) is 0 Å². The van der Waals surface area contributed by atoms with Gasteiger partial charge in [-0.2, -0.15) is 0 Å². The molecule has 2 atom stereocenters. The molecule has 0 saturated heterocycles. The summed E-state index contributed by atoms with van der Waals surface area (Å²) in [7, 11) is 0. The average molecular weight is 185 g/mol.